The summed E-state index contributed by atoms with van der Waals surface area (Å²) in [5, 5.41) is 0. The third-order valence-electron chi connectivity index (χ3n) is 2.92. The number of anilines is 1. The lowest BCUT2D eigenvalue weighted by molar-refractivity contribution is 1.13. The van der Waals surface area contributed by atoms with Gasteiger partial charge in [0.05, 0.1) is 0 Å². The number of hydrogen-bond donors (Lipinski definition) is 0. The molecule has 0 fully saturated rings. The van der Waals surface area contributed by atoms with Crippen LogP contribution in [0.3, 0.4) is 0 Å². The van der Waals surface area contributed by atoms with Gasteiger partial charge in [0.25, 0.3) is 0 Å². The zero-order valence-corrected chi connectivity index (χ0v) is 11.0. The summed E-state index contributed by atoms with van der Waals surface area (Å²) in [7, 11) is 4.12. The first-order valence-corrected chi connectivity index (χ1v) is 6.23. The van der Waals surface area contributed by atoms with Crippen molar-refractivity contribution in [3.8, 4) is 0 Å². The van der Waals surface area contributed by atoms with Crippen LogP contribution in [-0.2, 0) is 6.42 Å². The molecule has 0 aromatic heterocycles. The molecular weight excluding hydrogens is 218 g/mol. The number of nitrogens with zero attached hydrogens (tertiary/aromatic N) is 1. The molecular formula is C17H19N. The zero-order chi connectivity index (χ0) is 12.8. The van der Waals surface area contributed by atoms with Crippen LogP contribution in [0, 0.1) is 0 Å². The Morgan fingerprint density at radius 3 is 2.17 bits per heavy atom. The molecule has 2 aromatic rings. The summed E-state index contributed by atoms with van der Waals surface area (Å²) in [6.45, 7) is 0. The molecule has 2 aromatic carbocycles. The summed E-state index contributed by atoms with van der Waals surface area (Å²) in [6, 6.07) is 19.1. The molecule has 0 spiro atoms. The van der Waals surface area contributed by atoms with E-state index >= 15 is 0 Å². The molecule has 2 rings (SSSR count). The van der Waals surface area contributed by atoms with Crippen LogP contribution in [0.5, 0.6) is 0 Å². The minimum absolute atomic E-state index is 0.975. The largest absolute Gasteiger partial charge is 0.378 e. The molecule has 0 aliphatic carbocycles. The minimum atomic E-state index is 0.975. The fraction of sp³-hybridized carbons (Fsp3) is 0.176. The van der Waals surface area contributed by atoms with Gasteiger partial charge in [0, 0.05) is 19.8 Å². The highest BCUT2D eigenvalue weighted by Crippen LogP contribution is 2.13. The highest BCUT2D eigenvalue weighted by molar-refractivity contribution is 5.50. The van der Waals surface area contributed by atoms with E-state index in [1.165, 1.54) is 16.8 Å². The van der Waals surface area contributed by atoms with Gasteiger partial charge >= 0.3 is 0 Å². The Morgan fingerprint density at radius 1 is 0.889 bits per heavy atom. The smallest absolute Gasteiger partial charge is 0.0361 e. The second kappa shape index (κ2) is 6.06. The molecule has 0 heterocycles. The Hall–Kier alpha value is -2.02. The van der Waals surface area contributed by atoms with Crippen LogP contribution in [0.15, 0.2) is 60.7 Å². The fourth-order valence-corrected chi connectivity index (χ4v) is 1.83. The van der Waals surface area contributed by atoms with Gasteiger partial charge in [-0.05, 0) is 29.7 Å². The Balaban J connectivity index is 1.96. The van der Waals surface area contributed by atoms with Crippen LogP contribution in [-0.4, -0.2) is 14.1 Å². The molecule has 0 unspecified atom stereocenters. The molecule has 0 bridgehead atoms. The molecule has 0 saturated carbocycles. The molecule has 0 atom stereocenters. The van der Waals surface area contributed by atoms with Crippen molar-refractivity contribution in [3.63, 3.8) is 0 Å². The Kier molecular flexibility index (Phi) is 4.19. The predicted octanol–water partition coefficient (Wildman–Crippen LogP) is 4.01. The third-order valence-corrected chi connectivity index (χ3v) is 2.92. The van der Waals surface area contributed by atoms with Gasteiger partial charge in [-0.2, -0.15) is 0 Å². The SMILES string of the molecule is CN(C)c1ccc(C/C=C/c2ccccc2)cc1. The summed E-state index contributed by atoms with van der Waals surface area (Å²) in [5.41, 5.74) is 3.83. The number of rotatable bonds is 4. The molecule has 0 amide bonds. The van der Waals surface area contributed by atoms with Crippen LogP contribution in [0.25, 0.3) is 6.08 Å². The lowest BCUT2D eigenvalue weighted by Gasteiger charge is -2.12. The first-order valence-electron chi connectivity index (χ1n) is 6.23. The monoisotopic (exact) mass is 237 g/mol. The first-order chi connectivity index (χ1) is 8.75. The van der Waals surface area contributed by atoms with Crippen molar-refractivity contribution in [2.75, 3.05) is 19.0 Å². The molecule has 0 N–H and O–H groups in total. The summed E-state index contributed by atoms with van der Waals surface area (Å²) in [5.74, 6) is 0. The molecule has 0 saturated heterocycles. The van der Waals surface area contributed by atoms with Crippen molar-refractivity contribution >= 4 is 11.8 Å². The predicted molar refractivity (Wildman–Crippen MR) is 79.9 cm³/mol. The Labute approximate surface area is 109 Å². The average molecular weight is 237 g/mol. The van der Waals surface area contributed by atoms with Gasteiger partial charge in [-0.25, -0.2) is 0 Å². The van der Waals surface area contributed by atoms with Gasteiger partial charge in [-0.15, -0.1) is 0 Å². The van der Waals surface area contributed by atoms with Gasteiger partial charge in [-0.3, -0.25) is 0 Å². The summed E-state index contributed by atoms with van der Waals surface area (Å²) in [6.07, 6.45) is 5.35. The lowest BCUT2D eigenvalue weighted by Crippen LogP contribution is -2.08. The van der Waals surface area contributed by atoms with Gasteiger partial charge in [0.15, 0.2) is 0 Å². The second-order valence-corrected chi connectivity index (χ2v) is 4.58. The minimum Gasteiger partial charge on any atom is -0.378 e. The van der Waals surface area contributed by atoms with Crippen LogP contribution >= 0.6 is 0 Å². The number of benzene rings is 2. The third kappa shape index (κ3) is 3.49. The molecule has 0 radical (unpaired) electrons. The fourth-order valence-electron chi connectivity index (χ4n) is 1.83. The maximum atomic E-state index is 2.21. The summed E-state index contributed by atoms with van der Waals surface area (Å²) < 4.78 is 0. The van der Waals surface area contributed by atoms with Crippen molar-refractivity contribution in [2.45, 2.75) is 6.42 Å². The van der Waals surface area contributed by atoms with E-state index in [-0.39, 0.29) is 0 Å². The van der Waals surface area contributed by atoms with Crippen molar-refractivity contribution in [3.05, 3.63) is 71.8 Å². The van der Waals surface area contributed by atoms with E-state index in [1.54, 1.807) is 0 Å². The standard InChI is InChI=1S/C17H19N/c1-18(2)17-13-11-16(12-14-17)10-6-9-15-7-4-3-5-8-15/h3-9,11-14H,10H2,1-2H3/b9-6+. The van der Waals surface area contributed by atoms with Gasteiger partial charge < -0.3 is 4.90 Å². The van der Waals surface area contributed by atoms with Crippen LogP contribution in [0.4, 0.5) is 5.69 Å². The van der Waals surface area contributed by atoms with Gasteiger partial charge in [0.1, 0.15) is 0 Å². The summed E-state index contributed by atoms with van der Waals surface area (Å²) in [4.78, 5) is 2.11. The Bertz CT molecular complexity index is 495. The van der Waals surface area contributed by atoms with Crippen molar-refractivity contribution in [2.24, 2.45) is 0 Å². The highest BCUT2D eigenvalue weighted by atomic mass is 15.1. The maximum absolute atomic E-state index is 2.21. The molecule has 1 nitrogen and oxygen atoms in total. The van der Waals surface area contributed by atoms with E-state index in [2.05, 4.69) is 79.7 Å². The quantitative estimate of drug-likeness (QED) is 0.776. The van der Waals surface area contributed by atoms with Crippen molar-refractivity contribution in [1.82, 2.24) is 0 Å². The normalized spacial score (nSPS) is 10.8. The van der Waals surface area contributed by atoms with E-state index in [0.717, 1.165) is 6.42 Å². The topological polar surface area (TPSA) is 3.24 Å². The maximum Gasteiger partial charge on any atom is 0.0361 e. The van der Waals surface area contributed by atoms with E-state index in [9.17, 15) is 0 Å². The molecule has 18 heavy (non-hydrogen) atoms. The lowest BCUT2D eigenvalue weighted by atomic mass is 10.1. The molecule has 0 aliphatic rings. The molecule has 1 heteroatoms. The van der Waals surface area contributed by atoms with Crippen molar-refractivity contribution < 1.29 is 0 Å². The van der Waals surface area contributed by atoms with Crippen LogP contribution < -0.4 is 4.90 Å². The first kappa shape index (κ1) is 12.4. The van der Waals surface area contributed by atoms with Crippen molar-refractivity contribution in [1.29, 1.82) is 0 Å². The van der Waals surface area contributed by atoms with Crippen LogP contribution in [0.1, 0.15) is 11.1 Å². The molecule has 92 valence electrons. The van der Waals surface area contributed by atoms with E-state index in [1.807, 2.05) is 6.07 Å². The van der Waals surface area contributed by atoms with E-state index in [0.29, 0.717) is 0 Å². The second-order valence-electron chi connectivity index (χ2n) is 4.58. The number of hydrogen-bond acceptors (Lipinski definition) is 1. The van der Waals surface area contributed by atoms with E-state index < -0.39 is 0 Å². The van der Waals surface area contributed by atoms with Gasteiger partial charge in [-0.1, -0.05) is 54.6 Å². The van der Waals surface area contributed by atoms with E-state index in [4.69, 9.17) is 0 Å². The highest BCUT2D eigenvalue weighted by Gasteiger charge is 1.94. The number of allylic oxidation sites excluding steroid dienone is 1. The summed E-state index contributed by atoms with van der Waals surface area (Å²) >= 11 is 0. The van der Waals surface area contributed by atoms with Gasteiger partial charge in [0.2, 0.25) is 0 Å². The average Bonchev–Trinajstić information content (AvgIpc) is 2.40. The van der Waals surface area contributed by atoms with Crippen LogP contribution in [0.2, 0.25) is 0 Å². The molecule has 0 aliphatic heterocycles. The zero-order valence-electron chi connectivity index (χ0n) is 11.0. The Morgan fingerprint density at radius 2 is 1.56 bits per heavy atom.